The molecule has 3 aromatic carbocycles. The van der Waals surface area contributed by atoms with Crippen molar-refractivity contribution in [2.45, 2.75) is 16.7 Å². The topological polar surface area (TPSA) is 113 Å². The Balaban J connectivity index is 1.86. The van der Waals surface area contributed by atoms with Crippen LogP contribution in [-0.2, 0) is 20.0 Å². The van der Waals surface area contributed by atoms with E-state index in [1.54, 1.807) is 30.3 Å². The van der Waals surface area contributed by atoms with Gasteiger partial charge in [-0.25, -0.2) is 21.1 Å². The monoisotopic (exact) mass is 473 g/mol. The van der Waals surface area contributed by atoms with E-state index in [0.717, 1.165) is 9.87 Å². The van der Waals surface area contributed by atoms with Gasteiger partial charge < -0.3 is 5.32 Å². The van der Waals surface area contributed by atoms with Crippen molar-refractivity contribution >= 4 is 37.3 Å². The molecule has 0 saturated heterocycles. The summed E-state index contributed by atoms with van der Waals surface area (Å²) < 4.78 is 53.6. The lowest BCUT2D eigenvalue weighted by molar-refractivity contribution is 0.102. The van der Waals surface area contributed by atoms with E-state index >= 15 is 0 Å². The molecule has 0 radical (unpaired) electrons. The maximum absolute atomic E-state index is 12.9. The van der Waals surface area contributed by atoms with E-state index < -0.39 is 26.0 Å². The number of hydrogen-bond acceptors (Lipinski definition) is 5. The highest BCUT2D eigenvalue weighted by Crippen LogP contribution is 2.23. The van der Waals surface area contributed by atoms with Crippen molar-refractivity contribution in [2.24, 2.45) is 0 Å². The van der Waals surface area contributed by atoms with Gasteiger partial charge in [-0.2, -0.15) is 0 Å². The smallest absolute Gasteiger partial charge is 0.261 e. The van der Waals surface area contributed by atoms with Crippen LogP contribution in [0.4, 0.5) is 11.4 Å². The van der Waals surface area contributed by atoms with Crippen LogP contribution in [0.3, 0.4) is 0 Å². The average Bonchev–Trinajstić information content (AvgIpc) is 2.74. The number of nitrogens with zero attached hydrogens (tertiary/aromatic N) is 1. The number of hydrogen-bond donors (Lipinski definition) is 2. The highest BCUT2D eigenvalue weighted by atomic mass is 32.2. The van der Waals surface area contributed by atoms with Crippen LogP contribution in [0.1, 0.15) is 15.9 Å². The number of rotatable bonds is 7. The minimum atomic E-state index is -4.07. The molecule has 0 aromatic heterocycles. The first kappa shape index (κ1) is 23.5. The number of carbonyl (C=O) groups is 1. The normalized spacial score (nSPS) is 11.9. The maximum atomic E-state index is 12.9. The third kappa shape index (κ3) is 5.16. The fourth-order valence-corrected chi connectivity index (χ4v) is 4.88. The Bertz CT molecular complexity index is 1350. The van der Waals surface area contributed by atoms with Gasteiger partial charge in [-0.15, -0.1) is 0 Å². The van der Waals surface area contributed by atoms with Crippen molar-refractivity contribution in [3.05, 3.63) is 83.9 Å². The highest BCUT2D eigenvalue weighted by Gasteiger charge is 2.21. The Hall–Kier alpha value is -3.21. The Labute approximate surface area is 188 Å². The van der Waals surface area contributed by atoms with E-state index in [2.05, 4.69) is 10.0 Å². The molecule has 0 saturated carbocycles. The number of sulfonamides is 2. The van der Waals surface area contributed by atoms with Crippen molar-refractivity contribution in [3.8, 4) is 0 Å². The molecule has 0 heterocycles. The van der Waals surface area contributed by atoms with Crippen LogP contribution in [0.5, 0.6) is 0 Å². The van der Waals surface area contributed by atoms with Crippen LogP contribution in [0.15, 0.2) is 82.6 Å². The summed E-state index contributed by atoms with van der Waals surface area (Å²) in [6.45, 7) is 1.90. The zero-order chi connectivity index (χ0) is 23.5. The Kier molecular flexibility index (Phi) is 6.68. The molecule has 0 atom stereocenters. The van der Waals surface area contributed by atoms with Gasteiger partial charge >= 0.3 is 0 Å². The van der Waals surface area contributed by atoms with E-state index in [9.17, 15) is 21.6 Å². The third-order valence-corrected chi connectivity index (χ3v) is 7.82. The summed E-state index contributed by atoms with van der Waals surface area (Å²) in [5, 5.41) is 2.75. The van der Waals surface area contributed by atoms with Crippen LogP contribution in [-0.4, -0.2) is 41.1 Å². The number of carbonyl (C=O) groups excluding carboxylic acids is 1. The second-order valence-corrected chi connectivity index (χ2v) is 11.1. The van der Waals surface area contributed by atoms with Crippen LogP contribution < -0.4 is 10.0 Å². The summed E-state index contributed by atoms with van der Waals surface area (Å²) in [5.41, 5.74) is 1.80. The van der Waals surface area contributed by atoms with Crippen molar-refractivity contribution in [2.75, 3.05) is 24.1 Å². The first-order chi connectivity index (χ1) is 15.0. The molecule has 168 valence electrons. The lowest BCUT2D eigenvalue weighted by atomic mass is 10.1. The zero-order valence-electron chi connectivity index (χ0n) is 17.7. The predicted molar refractivity (Wildman–Crippen MR) is 124 cm³/mol. The van der Waals surface area contributed by atoms with Gasteiger partial charge in [0, 0.05) is 19.8 Å². The van der Waals surface area contributed by atoms with E-state index in [1.807, 2.05) is 13.0 Å². The van der Waals surface area contributed by atoms with Crippen molar-refractivity contribution in [3.63, 3.8) is 0 Å². The summed E-state index contributed by atoms with van der Waals surface area (Å²) in [7, 11) is -4.98. The van der Waals surface area contributed by atoms with Crippen molar-refractivity contribution in [1.82, 2.24) is 4.31 Å². The van der Waals surface area contributed by atoms with Gasteiger partial charge in [0.15, 0.2) is 0 Å². The van der Waals surface area contributed by atoms with Gasteiger partial charge in [0.25, 0.3) is 15.9 Å². The number of nitrogens with one attached hydrogen (secondary N) is 2. The van der Waals surface area contributed by atoms with Gasteiger partial charge in [-0.1, -0.05) is 24.3 Å². The van der Waals surface area contributed by atoms with Gasteiger partial charge in [0.1, 0.15) is 0 Å². The second-order valence-electron chi connectivity index (χ2n) is 7.23. The summed E-state index contributed by atoms with van der Waals surface area (Å²) in [4.78, 5) is 12.6. The number of amides is 1. The number of benzene rings is 3. The van der Waals surface area contributed by atoms with E-state index in [1.165, 1.54) is 50.5 Å². The van der Waals surface area contributed by atoms with E-state index in [-0.39, 0.29) is 21.0 Å². The quantitative estimate of drug-likeness (QED) is 0.547. The van der Waals surface area contributed by atoms with Gasteiger partial charge in [-0.05, 0) is 61.0 Å². The fourth-order valence-electron chi connectivity index (χ4n) is 2.90. The fraction of sp³-hybridized carbons (Fsp3) is 0.136. The molecule has 3 aromatic rings. The van der Waals surface area contributed by atoms with E-state index in [0.29, 0.717) is 5.69 Å². The molecule has 0 spiro atoms. The molecule has 0 bridgehead atoms. The number of anilines is 2. The summed E-state index contributed by atoms with van der Waals surface area (Å²) in [5.74, 6) is -0.471. The molecule has 0 aliphatic heterocycles. The molecular formula is C22H23N3O5S2. The Morgan fingerprint density at radius 2 is 1.44 bits per heavy atom. The first-order valence-corrected chi connectivity index (χ1v) is 12.5. The third-order valence-electron chi connectivity index (χ3n) is 4.60. The Morgan fingerprint density at radius 3 is 2.06 bits per heavy atom. The second kappa shape index (κ2) is 9.11. The summed E-state index contributed by atoms with van der Waals surface area (Å²) in [6, 6.07) is 18.3. The molecule has 8 nitrogen and oxygen atoms in total. The minimum Gasteiger partial charge on any atom is -0.322 e. The number of para-hydroxylation sites is 1. The predicted octanol–water partition coefficient (Wildman–Crippen LogP) is 3.30. The van der Waals surface area contributed by atoms with Crippen LogP contribution in [0.25, 0.3) is 0 Å². The van der Waals surface area contributed by atoms with Gasteiger partial charge in [0.2, 0.25) is 10.0 Å². The van der Waals surface area contributed by atoms with Crippen molar-refractivity contribution < 1.29 is 21.6 Å². The standard InChI is InChI=1S/C22H23N3O5S2/c1-16-7-6-8-17(15-16)23-22(26)20-9-4-5-10-21(20)24-31(27,28)18-11-13-19(14-12-18)32(29,30)25(2)3/h4-15,24H,1-3H3,(H,23,26). The number of aryl methyl sites for hydroxylation is 1. The maximum Gasteiger partial charge on any atom is 0.261 e. The highest BCUT2D eigenvalue weighted by molar-refractivity contribution is 7.92. The average molecular weight is 474 g/mol. The lowest BCUT2D eigenvalue weighted by Gasteiger charge is -2.14. The molecule has 32 heavy (non-hydrogen) atoms. The molecule has 3 rings (SSSR count). The van der Waals surface area contributed by atoms with Crippen LogP contribution in [0, 0.1) is 6.92 Å². The molecule has 0 unspecified atom stereocenters. The Morgan fingerprint density at radius 1 is 0.812 bits per heavy atom. The lowest BCUT2D eigenvalue weighted by Crippen LogP contribution is -2.22. The van der Waals surface area contributed by atoms with Crippen LogP contribution in [0.2, 0.25) is 0 Å². The van der Waals surface area contributed by atoms with Crippen molar-refractivity contribution in [1.29, 1.82) is 0 Å². The molecule has 0 fully saturated rings. The first-order valence-electron chi connectivity index (χ1n) is 9.53. The SMILES string of the molecule is Cc1cccc(NC(=O)c2ccccc2NS(=O)(=O)c2ccc(S(=O)(=O)N(C)C)cc2)c1. The van der Waals surface area contributed by atoms with Gasteiger partial charge in [-0.3, -0.25) is 9.52 Å². The molecule has 2 N–H and O–H groups in total. The zero-order valence-corrected chi connectivity index (χ0v) is 19.4. The van der Waals surface area contributed by atoms with E-state index in [4.69, 9.17) is 0 Å². The molecule has 1 amide bonds. The molecule has 10 heteroatoms. The van der Waals surface area contributed by atoms with Gasteiger partial charge in [0.05, 0.1) is 21.0 Å². The van der Waals surface area contributed by atoms with Crippen LogP contribution >= 0.6 is 0 Å². The molecular weight excluding hydrogens is 450 g/mol. The summed E-state index contributed by atoms with van der Waals surface area (Å²) >= 11 is 0. The minimum absolute atomic E-state index is 0.0283. The summed E-state index contributed by atoms with van der Waals surface area (Å²) in [6.07, 6.45) is 0. The molecule has 0 aliphatic rings. The molecule has 0 aliphatic carbocycles. The largest absolute Gasteiger partial charge is 0.322 e.